The summed E-state index contributed by atoms with van der Waals surface area (Å²) in [6.45, 7) is 9.58. The molecule has 36 heavy (non-hydrogen) atoms. The van der Waals surface area contributed by atoms with Gasteiger partial charge in [0.05, 0.1) is 23.7 Å². The molecule has 3 rings (SSSR count). The van der Waals surface area contributed by atoms with Gasteiger partial charge in [-0.05, 0) is 86.2 Å². The van der Waals surface area contributed by atoms with E-state index in [2.05, 4.69) is 19.2 Å². The van der Waals surface area contributed by atoms with Crippen LogP contribution in [-0.2, 0) is 14.8 Å². The number of anilines is 1. The first-order chi connectivity index (χ1) is 17.0. The first-order valence-electron chi connectivity index (χ1n) is 12.1. The second-order valence-corrected chi connectivity index (χ2v) is 11.6. The minimum atomic E-state index is -3.98. The number of carbonyl (C=O) groups is 1. The van der Waals surface area contributed by atoms with E-state index in [1.807, 2.05) is 51.1 Å². The van der Waals surface area contributed by atoms with Gasteiger partial charge in [0.15, 0.2) is 0 Å². The lowest BCUT2D eigenvalue weighted by molar-refractivity contribution is -0.120. The van der Waals surface area contributed by atoms with Crippen LogP contribution in [0.25, 0.3) is 0 Å². The van der Waals surface area contributed by atoms with Gasteiger partial charge in [-0.2, -0.15) is 0 Å². The molecule has 1 atom stereocenters. The molecule has 7 heteroatoms. The monoisotopic (exact) mass is 508 g/mol. The van der Waals surface area contributed by atoms with E-state index in [1.54, 1.807) is 43.5 Å². The van der Waals surface area contributed by atoms with Crippen molar-refractivity contribution in [1.29, 1.82) is 0 Å². The number of ether oxygens (including phenoxy) is 1. The summed E-state index contributed by atoms with van der Waals surface area (Å²) in [6.07, 6.45) is 0.715. The average molecular weight is 509 g/mol. The van der Waals surface area contributed by atoms with Crippen molar-refractivity contribution >= 4 is 21.6 Å². The molecule has 3 aromatic carbocycles. The van der Waals surface area contributed by atoms with E-state index in [0.29, 0.717) is 18.0 Å². The molecule has 6 nitrogen and oxygen atoms in total. The molecule has 1 N–H and O–H groups in total. The number of rotatable bonds is 10. The Bertz CT molecular complexity index is 1260. The van der Waals surface area contributed by atoms with Crippen LogP contribution in [0, 0.1) is 26.7 Å². The molecular formula is C29H36N2O4S. The predicted molar refractivity (Wildman–Crippen MR) is 145 cm³/mol. The van der Waals surface area contributed by atoms with E-state index < -0.39 is 10.0 Å². The second kappa shape index (κ2) is 11.6. The van der Waals surface area contributed by atoms with Gasteiger partial charge in [-0.3, -0.25) is 9.10 Å². The minimum absolute atomic E-state index is 0.147. The van der Waals surface area contributed by atoms with Crippen molar-refractivity contribution in [2.45, 2.75) is 52.0 Å². The van der Waals surface area contributed by atoms with Gasteiger partial charge in [0.1, 0.15) is 12.3 Å². The Morgan fingerprint density at radius 1 is 0.889 bits per heavy atom. The Morgan fingerprint density at radius 3 is 2.00 bits per heavy atom. The first-order valence-corrected chi connectivity index (χ1v) is 13.5. The summed E-state index contributed by atoms with van der Waals surface area (Å²) < 4.78 is 33.9. The van der Waals surface area contributed by atoms with Crippen molar-refractivity contribution in [3.05, 3.63) is 89.0 Å². The minimum Gasteiger partial charge on any atom is -0.497 e. The quantitative estimate of drug-likeness (QED) is 0.380. The van der Waals surface area contributed by atoms with Crippen molar-refractivity contribution in [3.8, 4) is 5.75 Å². The van der Waals surface area contributed by atoms with Gasteiger partial charge in [0.25, 0.3) is 10.0 Å². The lowest BCUT2D eigenvalue weighted by Gasteiger charge is -2.27. The lowest BCUT2D eigenvalue weighted by atomic mass is 9.97. The number of nitrogens with one attached hydrogen (secondary N) is 1. The van der Waals surface area contributed by atoms with Crippen LogP contribution in [0.5, 0.6) is 5.75 Å². The Balaban J connectivity index is 1.95. The average Bonchev–Trinajstić information content (AvgIpc) is 2.81. The van der Waals surface area contributed by atoms with Crippen LogP contribution < -0.4 is 14.4 Å². The SMILES string of the molecule is COc1ccc([C@@H](CC(C)C)NC(=O)CN(c2cc(C)cc(C)c2)S(=O)(=O)c2ccc(C)cc2)cc1. The third kappa shape index (κ3) is 6.88. The van der Waals surface area contributed by atoms with Crippen molar-refractivity contribution in [2.24, 2.45) is 5.92 Å². The number of nitrogens with zero attached hydrogens (tertiary/aromatic N) is 1. The number of sulfonamides is 1. The van der Waals surface area contributed by atoms with Gasteiger partial charge in [-0.25, -0.2) is 8.42 Å². The summed E-state index contributed by atoms with van der Waals surface area (Å²) in [6, 6.07) is 19.6. The van der Waals surface area contributed by atoms with Crippen molar-refractivity contribution in [1.82, 2.24) is 5.32 Å². The molecule has 1 amide bonds. The van der Waals surface area contributed by atoms with Crippen molar-refractivity contribution < 1.29 is 17.9 Å². The maximum Gasteiger partial charge on any atom is 0.264 e. The molecule has 0 saturated heterocycles. The zero-order chi connectivity index (χ0) is 26.5. The fourth-order valence-corrected chi connectivity index (χ4v) is 5.61. The summed E-state index contributed by atoms with van der Waals surface area (Å²) in [7, 11) is -2.37. The highest BCUT2D eigenvalue weighted by Gasteiger charge is 2.28. The number of hydrogen-bond donors (Lipinski definition) is 1. The highest BCUT2D eigenvalue weighted by Crippen LogP contribution is 2.27. The Labute approximate surface area is 215 Å². The normalized spacial score (nSPS) is 12.3. The molecule has 0 heterocycles. The van der Waals surface area contributed by atoms with Crippen LogP contribution in [0.4, 0.5) is 5.69 Å². The fraction of sp³-hybridized carbons (Fsp3) is 0.345. The number of hydrogen-bond acceptors (Lipinski definition) is 4. The van der Waals surface area contributed by atoms with Gasteiger partial charge in [0.2, 0.25) is 5.91 Å². The molecule has 192 valence electrons. The molecule has 0 aliphatic carbocycles. The molecule has 0 bridgehead atoms. The predicted octanol–water partition coefficient (Wildman–Crippen LogP) is 5.72. The maximum absolute atomic E-state index is 13.7. The number of benzene rings is 3. The first kappa shape index (κ1) is 27.3. The largest absolute Gasteiger partial charge is 0.497 e. The van der Waals surface area contributed by atoms with Crippen LogP contribution >= 0.6 is 0 Å². The van der Waals surface area contributed by atoms with E-state index in [-0.39, 0.29) is 23.4 Å². The van der Waals surface area contributed by atoms with Gasteiger partial charge >= 0.3 is 0 Å². The topological polar surface area (TPSA) is 75.7 Å². The fourth-order valence-electron chi connectivity index (χ4n) is 4.20. The Morgan fingerprint density at radius 2 is 1.47 bits per heavy atom. The van der Waals surface area contributed by atoms with Crippen LogP contribution in [0.2, 0.25) is 0 Å². The smallest absolute Gasteiger partial charge is 0.264 e. The summed E-state index contributed by atoms with van der Waals surface area (Å²) >= 11 is 0. The molecular weight excluding hydrogens is 472 g/mol. The molecule has 3 aromatic rings. The summed E-state index contributed by atoms with van der Waals surface area (Å²) in [5.74, 6) is 0.689. The van der Waals surface area contributed by atoms with E-state index in [4.69, 9.17) is 4.74 Å². The van der Waals surface area contributed by atoms with Gasteiger partial charge in [-0.1, -0.05) is 49.7 Å². The van der Waals surface area contributed by atoms with E-state index in [0.717, 1.165) is 28.0 Å². The summed E-state index contributed by atoms with van der Waals surface area (Å²) in [4.78, 5) is 13.5. The zero-order valence-corrected chi connectivity index (χ0v) is 22.7. The molecule has 0 spiro atoms. The second-order valence-electron chi connectivity index (χ2n) is 9.69. The molecule has 0 aliphatic heterocycles. The van der Waals surface area contributed by atoms with E-state index in [9.17, 15) is 13.2 Å². The van der Waals surface area contributed by atoms with Gasteiger partial charge in [0, 0.05) is 0 Å². The number of aryl methyl sites for hydroxylation is 3. The number of methoxy groups -OCH3 is 1. The van der Waals surface area contributed by atoms with Gasteiger partial charge < -0.3 is 10.1 Å². The Kier molecular flexibility index (Phi) is 8.79. The van der Waals surface area contributed by atoms with Crippen LogP contribution in [0.15, 0.2) is 71.6 Å². The molecule has 0 saturated carbocycles. The van der Waals surface area contributed by atoms with Crippen LogP contribution in [0.3, 0.4) is 0 Å². The highest BCUT2D eigenvalue weighted by molar-refractivity contribution is 7.92. The van der Waals surface area contributed by atoms with Crippen LogP contribution in [0.1, 0.15) is 48.6 Å². The number of amides is 1. The van der Waals surface area contributed by atoms with Crippen molar-refractivity contribution in [3.63, 3.8) is 0 Å². The van der Waals surface area contributed by atoms with E-state index in [1.165, 1.54) is 4.31 Å². The zero-order valence-electron chi connectivity index (χ0n) is 21.9. The number of carbonyl (C=O) groups excluding carboxylic acids is 1. The van der Waals surface area contributed by atoms with Gasteiger partial charge in [-0.15, -0.1) is 0 Å². The molecule has 0 aliphatic rings. The molecule has 0 unspecified atom stereocenters. The maximum atomic E-state index is 13.7. The van der Waals surface area contributed by atoms with E-state index >= 15 is 0 Å². The third-order valence-corrected chi connectivity index (χ3v) is 7.74. The summed E-state index contributed by atoms with van der Waals surface area (Å²) in [5, 5.41) is 3.08. The van der Waals surface area contributed by atoms with Crippen LogP contribution in [-0.4, -0.2) is 28.0 Å². The molecule has 0 radical (unpaired) electrons. The van der Waals surface area contributed by atoms with Crippen molar-refractivity contribution in [2.75, 3.05) is 18.0 Å². The standard InChI is InChI=1S/C29H36N2O4S/c1-20(2)15-28(24-9-11-26(35-6)12-10-24)30-29(32)19-31(25-17-22(4)16-23(5)18-25)36(33,34)27-13-7-21(3)8-14-27/h7-14,16-18,20,28H,15,19H2,1-6H3,(H,30,32)/t28-/m1/s1. The summed E-state index contributed by atoms with van der Waals surface area (Å²) in [5.41, 5.74) is 4.21. The highest BCUT2D eigenvalue weighted by atomic mass is 32.2. The third-order valence-electron chi connectivity index (χ3n) is 5.95. The lowest BCUT2D eigenvalue weighted by Crippen LogP contribution is -2.42. The Hall–Kier alpha value is -3.32. The molecule has 0 aromatic heterocycles. The molecule has 0 fully saturated rings.